The van der Waals surface area contributed by atoms with Crippen molar-refractivity contribution in [2.75, 3.05) is 0 Å². The lowest BCUT2D eigenvalue weighted by Gasteiger charge is -1.80. The molecule has 118 valence electrons. The highest BCUT2D eigenvalue weighted by Crippen LogP contribution is 2.43. The molecular weight excluding hydrogens is 508 g/mol. The molecule has 0 aromatic carbocycles. The summed E-state index contributed by atoms with van der Waals surface area (Å²) in [5, 5.41) is 1.36. The highest BCUT2D eigenvalue weighted by molar-refractivity contribution is 7.51. The van der Waals surface area contributed by atoms with Gasteiger partial charge in [0.05, 0.1) is 20.1 Å². The summed E-state index contributed by atoms with van der Waals surface area (Å²) in [6.07, 6.45) is 0. The molecule has 21 heavy (non-hydrogen) atoms. The fourth-order valence-corrected chi connectivity index (χ4v) is 4.56. The van der Waals surface area contributed by atoms with Crippen LogP contribution >= 0.6 is 115 Å². The maximum Gasteiger partial charge on any atom is 0.335 e. The van der Waals surface area contributed by atoms with Crippen LogP contribution in [0.25, 0.3) is 0 Å². The number of rotatable bonds is 0. The van der Waals surface area contributed by atoms with Crippen LogP contribution in [-0.2, 0) is 11.6 Å². The van der Waals surface area contributed by atoms with Gasteiger partial charge in [0.2, 0.25) is 0 Å². The molecule has 0 aliphatic heterocycles. The minimum atomic E-state index is -0.750. The van der Waals surface area contributed by atoms with Gasteiger partial charge in [-0.3, -0.25) is 0 Å². The summed E-state index contributed by atoms with van der Waals surface area (Å²) in [5.74, 6) is 0. The first-order valence-electron chi connectivity index (χ1n) is 4.16. The molecule has 0 saturated heterocycles. The molecule has 2 aromatic heterocycles. The maximum atomic E-state index is 8.29. The minimum Gasteiger partial charge on any atom is -0.168 e. The lowest BCUT2D eigenvalue weighted by Crippen LogP contribution is -1.53. The molecule has 0 amide bonds. The lowest BCUT2D eigenvalue weighted by atomic mass is 10.7. The smallest absolute Gasteiger partial charge is 0.168 e. The van der Waals surface area contributed by atoms with Crippen LogP contribution in [0, 0.1) is 0 Å². The third-order valence-corrected chi connectivity index (χ3v) is 7.19. The van der Waals surface area contributed by atoms with Gasteiger partial charge in [-0.2, -0.15) is 8.42 Å². The van der Waals surface area contributed by atoms with Crippen LogP contribution in [0.15, 0.2) is 0 Å². The average molecular weight is 508 g/mol. The predicted molar refractivity (Wildman–Crippen MR) is 97.6 cm³/mol. The molecular formula is C8Cl8O2S3. The Hall–Kier alpha value is 1.54. The van der Waals surface area contributed by atoms with Crippen LogP contribution in [-0.4, -0.2) is 8.42 Å². The van der Waals surface area contributed by atoms with E-state index in [-0.39, 0.29) is 0 Å². The van der Waals surface area contributed by atoms with Gasteiger partial charge in [-0.15, -0.1) is 22.7 Å². The van der Waals surface area contributed by atoms with Crippen molar-refractivity contribution in [2.24, 2.45) is 0 Å². The number of halogens is 8. The molecule has 0 radical (unpaired) electrons. The largest absolute Gasteiger partial charge is 0.335 e. The number of hydrogen-bond acceptors (Lipinski definition) is 4. The molecule has 2 aromatic rings. The quantitative estimate of drug-likeness (QED) is 0.361. The molecule has 0 bridgehead atoms. The summed E-state index contributed by atoms with van der Waals surface area (Å²) >= 11 is 46.0. The van der Waals surface area contributed by atoms with Gasteiger partial charge in [0.1, 0.15) is 17.3 Å². The van der Waals surface area contributed by atoms with Crippen molar-refractivity contribution in [1.29, 1.82) is 0 Å². The van der Waals surface area contributed by atoms with Gasteiger partial charge in [-0.05, 0) is 0 Å². The Balaban J connectivity index is 0.000000322. The van der Waals surface area contributed by atoms with Crippen LogP contribution in [0.1, 0.15) is 0 Å². The fourth-order valence-electron chi connectivity index (χ4n) is 0.682. The molecule has 2 nitrogen and oxygen atoms in total. The van der Waals surface area contributed by atoms with Gasteiger partial charge in [-0.1, -0.05) is 92.8 Å². The fraction of sp³-hybridized carbons (Fsp3) is 0. The van der Waals surface area contributed by atoms with E-state index in [0.29, 0.717) is 37.4 Å². The molecule has 0 unspecified atom stereocenters. The van der Waals surface area contributed by atoms with Crippen molar-refractivity contribution in [3.63, 3.8) is 0 Å². The van der Waals surface area contributed by atoms with Crippen LogP contribution in [0.5, 0.6) is 0 Å². The minimum absolute atomic E-state index is 0.341. The zero-order chi connectivity index (χ0) is 16.7. The van der Waals surface area contributed by atoms with Crippen molar-refractivity contribution < 1.29 is 8.42 Å². The summed E-state index contributed by atoms with van der Waals surface area (Å²) in [5.41, 5.74) is 0. The van der Waals surface area contributed by atoms with E-state index < -0.39 is 11.6 Å². The Morgan fingerprint density at radius 2 is 0.667 bits per heavy atom. The van der Waals surface area contributed by atoms with Gasteiger partial charge in [0, 0.05) is 0 Å². The van der Waals surface area contributed by atoms with Crippen molar-refractivity contribution in [1.82, 2.24) is 0 Å². The van der Waals surface area contributed by atoms with Crippen molar-refractivity contribution >= 4 is 127 Å². The first kappa shape index (κ1) is 22.5. The van der Waals surface area contributed by atoms with E-state index in [2.05, 4.69) is 0 Å². The van der Waals surface area contributed by atoms with Crippen molar-refractivity contribution in [3.8, 4) is 0 Å². The van der Waals surface area contributed by atoms with E-state index in [1.54, 1.807) is 0 Å². The molecule has 0 aliphatic carbocycles. The number of hydrogen-bond donors (Lipinski definition) is 0. The first-order valence-corrected chi connectivity index (χ1v) is 9.49. The second kappa shape index (κ2) is 11.2. The first-order chi connectivity index (χ1) is 9.67. The Labute approximate surface area is 171 Å². The zero-order valence-electron chi connectivity index (χ0n) is 9.06. The SMILES string of the molecule is Clc1sc(Cl)c(Cl)c1Cl.Clc1sc(Cl)c(Cl)c1Cl.O=S=O. The molecule has 0 saturated carbocycles. The zero-order valence-corrected chi connectivity index (χ0v) is 17.6. The van der Waals surface area contributed by atoms with Gasteiger partial charge in [0.15, 0.2) is 0 Å². The van der Waals surface area contributed by atoms with Crippen LogP contribution in [0.3, 0.4) is 0 Å². The lowest BCUT2D eigenvalue weighted by molar-refractivity contribution is 0.630. The van der Waals surface area contributed by atoms with E-state index in [1.165, 1.54) is 0 Å². The third-order valence-electron chi connectivity index (χ3n) is 1.43. The molecule has 0 spiro atoms. The Morgan fingerprint density at radius 1 is 0.524 bits per heavy atom. The summed E-state index contributed by atoms with van der Waals surface area (Å²) in [4.78, 5) is 0. The van der Waals surface area contributed by atoms with E-state index in [4.69, 9.17) is 101 Å². The maximum absolute atomic E-state index is 8.29. The number of thiophene rings is 2. The summed E-state index contributed by atoms with van der Waals surface area (Å²) < 4.78 is 18.3. The molecule has 0 N–H and O–H groups in total. The standard InChI is InChI=1S/2C4Cl4S.O2S/c2*5-1-2(6)4(8)9-3(1)7;1-3-2. The summed E-state index contributed by atoms with van der Waals surface area (Å²) in [6, 6.07) is 0. The normalized spacial score (nSPS) is 9.33. The van der Waals surface area contributed by atoms with Crippen molar-refractivity contribution in [2.45, 2.75) is 0 Å². The van der Waals surface area contributed by atoms with Crippen LogP contribution < -0.4 is 0 Å². The highest BCUT2D eigenvalue weighted by Gasteiger charge is 2.11. The highest BCUT2D eigenvalue weighted by atomic mass is 35.5. The Morgan fingerprint density at radius 3 is 0.714 bits per heavy atom. The molecule has 0 atom stereocenters. The summed E-state index contributed by atoms with van der Waals surface area (Å²) in [7, 11) is 0. The molecule has 13 heteroatoms. The van der Waals surface area contributed by atoms with E-state index in [9.17, 15) is 0 Å². The van der Waals surface area contributed by atoms with Gasteiger partial charge >= 0.3 is 11.6 Å². The third kappa shape index (κ3) is 7.31. The van der Waals surface area contributed by atoms with Gasteiger partial charge < -0.3 is 0 Å². The van der Waals surface area contributed by atoms with Crippen LogP contribution in [0.4, 0.5) is 0 Å². The van der Waals surface area contributed by atoms with E-state index in [1.807, 2.05) is 0 Å². The molecule has 0 aliphatic rings. The average Bonchev–Trinajstić information content (AvgIpc) is 2.77. The second-order valence-corrected chi connectivity index (χ2v) is 8.72. The van der Waals surface area contributed by atoms with E-state index in [0.717, 1.165) is 22.7 Å². The molecule has 2 heterocycles. The second-order valence-electron chi connectivity index (χ2n) is 2.62. The molecule has 2 rings (SSSR count). The Bertz CT molecular complexity index is 551. The van der Waals surface area contributed by atoms with Gasteiger partial charge in [0.25, 0.3) is 0 Å². The molecule has 0 fully saturated rings. The van der Waals surface area contributed by atoms with Crippen molar-refractivity contribution in [3.05, 3.63) is 37.4 Å². The monoisotopic (exact) mass is 504 g/mol. The summed E-state index contributed by atoms with van der Waals surface area (Å²) in [6.45, 7) is 0. The van der Waals surface area contributed by atoms with E-state index >= 15 is 0 Å². The topological polar surface area (TPSA) is 34.1 Å². The van der Waals surface area contributed by atoms with Gasteiger partial charge in [-0.25, -0.2) is 0 Å². The Kier molecular flexibility index (Phi) is 12.0. The van der Waals surface area contributed by atoms with Crippen LogP contribution in [0.2, 0.25) is 37.4 Å². The predicted octanol–water partition coefficient (Wildman–Crippen LogP) is 8.05.